The fourth-order valence-electron chi connectivity index (χ4n) is 6.41. The summed E-state index contributed by atoms with van der Waals surface area (Å²) in [6.07, 6.45) is -0.180. The van der Waals surface area contributed by atoms with E-state index in [-0.39, 0.29) is 11.5 Å². The van der Waals surface area contributed by atoms with Crippen LogP contribution in [-0.4, -0.2) is 57.8 Å². The second kappa shape index (κ2) is 6.80. The molecule has 2 saturated carbocycles. The first-order chi connectivity index (χ1) is 14.0. The highest BCUT2D eigenvalue weighted by Crippen LogP contribution is 2.66. The highest BCUT2D eigenvalue weighted by atomic mass is 16.6. The first-order valence-electron chi connectivity index (χ1n) is 10.4. The summed E-state index contributed by atoms with van der Waals surface area (Å²) in [6, 6.07) is 1.48. The molecule has 4 rings (SSSR count). The lowest BCUT2D eigenvalue weighted by Gasteiger charge is -2.62. The third-order valence-electron chi connectivity index (χ3n) is 7.69. The first-order valence-corrected chi connectivity index (χ1v) is 10.4. The molecule has 2 N–H and O–H groups in total. The number of furan rings is 1. The molecule has 30 heavy (non-hydrogen) atoms. The summed E-state index contributed by atoms with van der Waals surface area (Å²) in [5.41, 5.74) is -2.98. The second-order valence-electron chi connectivity index (χ2n) is 9.66. The second-order valence-corrected chi connectivity index (χ2v) is 9.66. The Morgan fingerprint density at radius 1 is 1.17 bits per heavy atom. The normalized spacial score (nSPS) is 44.2. The number of carbonyl (C=O) groups excluding carboxylic acids is 2. The topological polar surface area (TPSA) is 115 Å². The van der Waals surface area contributed by atoms with Crippen molar-refractivity contribution >= 4 is 11.9 Å². The summed E-state index contributed by atoms with van der Waals surface area (Å²) in [4.78, 5) is 24.7. The van der Waals surface area contributed by atoms with Gasteiger partial charge in [0.25, 0.3) is 0 Å². The highest BCUT2D eigenvalue weighted by Gasteiger charge is 2.80. The van der Waals surface area contributed by atoms with Gasteiger partial charge < -0.3 is 28.8 Å². The summed E-state index contributed by atoms with van der Waals surface area (Å²) in [5, 5.41) is 22.8. The lowest BCUT2D eigenvalue weighted by atomic mass is 9.48. The van der Waals surface area contributed by atoms with Crippen molar-refractivity contribution in [2.45, 2.75) is 83.1 Å². The maximum Gasteiger partial charge on any atom is 0.341 e. The Morgan fingerprint density at radius 2 is 1.87 bits per heavy atom. The van der Waals surface area contributed by atoms with E-state index in [4.69, 9.17) is 18.6 Å². The number of carbonyl (C=O) groups is 2. The highest BCUT2D eigenvalue weighted by molar-refractivity contribution is 5.89. The molecule has 8 heteroatoms. The molecule has 1 saturated heterocycles. The van der Waals surface area contributed by atoms with E-state index in [9.17, 15) is 19.8 Å². The molecule has 2 bridgehead atoms. The van der Waals surface area contributed by atoms with Crippen LogP contribution in [0, 0.1) is 17.3 Å². The van der Waals surface area contributed by atoms with Gasteiger partial charge in [0.1, 0.15) is 24.1 Å². The van der Waals surface area contributed by atoms with Crippen molar-refractivity contribution in [3.63, 3.8) is 0 Å². The molecule has 8 unspecified atom stereocenters. The fourth-order valence-corrected chi connectivity index (χ4v) is 6.41. The lowest BCUT2D eigenvalue weighted by molar-refractivity contribution is -0.295. The van der Waals surface area contributed by atoms with Gasteiger partial charge in [-0.2, -0.15) is 0 Å². The summed E-state index contributed by atoms with van der Waals surface area (Å²) < 4.78 is 23.1. The molecule has 3 aliphatic rings. The van der Waals surface area contributed by atoms with Crippen molar-refractivity contribution in [2.75, 3.05) is 0 Å². The van der Waals surface area contributed by atoms with E-state index in [1.165, 1.54) is 25.5 Å². The van der Waals surface area contributed by atoms with Gasteiger partial charge in [-0.05, 0) is 45.6 Å². The van der Waals surface area contributed by atoms with E-state index in [1.54, 1.807) is 6.92 Å². The van der Waals surface area contributed by atoms with Crippen molar-refractivity contribution in [3.8, 4) is 0 Å². The van der Waals surface area contributed by atoms with Crippen LogP contribution in [0.2, 0.25) is 0 Å². The number of fused-ring (bicyclic) bond motifs is 1. The minimum Gasteiger partial charge on any atom is -0.472 e. The summed E-state index contributed by atoms with van der Waals surface area (Å²) in [7, 11) is 0. The van der Waals surface area contributed by atoms with Crippen LogP contribution >= 0.6 is 0 Å². The maximum absolute atomic E-state index is 12.8. The molecule has 0 radical (unpaired) electrons. The standard InChI is InChI=1S/C22H30O8/c1-11-6-7-14(28-12(2)23)21(5)18(29-19(26)13-8-9-27-10-13)16(24)15-17(25)22(11,21)30-20(15,3)4/h8-11,14-18,24-25H,6-7H2,1-5H3. The number of ether oxygens (including phenoxy) is 3. The molecule has 1 aromatic heterocycles. The average molecular weight is 422 g/mol. The Labute approximate surface area is 175 Å². The Hall–Kier alpha value is -1.90. The van der Waals surface area contributed by atoms with Crippen LogP contribution < -0.4 is 0 Å². The van der Waals surface area contributed by atoms with Crippen LogP contribution in [0.15, 0.2) is 23.0 Å². The van der Waals surface area contributed by atoms with E-state index in [2.05, 4.69) is 0 Å². The Kier molecular flexibility index (Phi) is 4.84. The number of aliphatic hydroxyl groups is 2. The zero-order valence-corrected chi connectivity index (χ0v) is 18.0. The van der Waals surface area contributed by atoms with Gasteiger partial charge in [0.05, 0.1) is 35.1 Å². The summed E-state index contributed by atoms with van der Waals surface area (Å²) >= 11 is 0. The van der Waals surface area contributed by atoms with Crippen molar-refractivity contribution in [1.29, 1.82) is 0 Å². The maximum atomic E-state index is 12.8. The van der Waals surface area contributed by atoms with Gasteiger partial charge in [-0.15, -0.1) is 0 Å². The number of esters is 2. The summed E-state index contributed by atoms with van der Waals surface area (Å²) in [6.45, 7) is 8.73. The number of rotatable bonds is 3. The van der Waals surface area contributed by atoms with Gasteiger partial charge in [0.15, 0.2) is 0 Å². The zero-order chi connectivity index (χ0) is 22.1. The van der Waals surface area contributed by atoms with Crippen LogP contribution in [0.3, 0.4) is 0 Å². The van der Waals surface area contributed by atoms with E-state index in [0.717, 1.165) is 0 Å². The van der Waals surface area contributed by atoms with Gasteiger partial charge in [-0.1, -0.05) is 6.92 Å². The van der Waals surface area contributed by atoms with Crippen molar-refractivity contribution in [2.24, 2.45) is 17.3 Å². The van der Waals surface area contributed by atoms with E-state index < -0.39 is 58.9 Å². The van der Waals surface area contributed by atoms with Gasteiger partial charge >= 0.3 is 11.9 Å². The SMILES string of the molecule is CC(=O)OC1CCC(C)C23OC(C)(C)C(C(O)C(OC(=O)c4ccoc4)C12C)C3O. The van der Waals surface area contributed by atoms with Gasteiger partial charge in [0, 0.05) is 12.8 Å². The van der Waals surface area contributed by atoms with Crippen LogP contribution in [0.4, 0.5) is 0 Å². The van der Waals surface area contributed by atoms with E-state index >= 15 is 0 Å². The average Bonchev–Trinajstić information content (AvgIpc) is 3.23. The Balaban J connectivity index is 1.86. The molecule has 1 aliphatic heterocycles. The monoisotopic (exact) mass is 422 g/mol. The molecule has 3 fully saturated rings. The molecule has 2 heterocycles. The van der Waals surface area contributed by atoms with Crippen LogP contribution in [0.25, 0.3) is 0 Å². The molecule has 1 aromatic rings. The molecule has 8 atom stereocenters. The first kappa shape index (κ1) is 21.3. The molecule has 1 spiro atoms. The van der Waals surface area contributed by atoms with E-state index in [0.29, 0.717) is 12.8 Å². The molecule has 8 nitrogen and oxygen atoms in total. The molecular formula is C22H30O8. The van der Waals surface area contributed by atoms with Crippen molar-refractivity contribution in [3.05, 3.63) is 24.2 Å². The predicted octanol–water partition coefficient (Wildman–Crippen LogP) is 2.07. The van der Waals surface area contributed by atoms with Crippen LogP contribution in [0.1, 0.15) is 57.8 Å². The zero-order valence-electron chi connectivity index (χ0n) is 18.0. The van der Waals surface area contributed by atoms with Gasteiger partial charge in [0.2, 0.25) is 0 Å². The predicted molar refractivity (Wildman–Crippen MR) is 103 cm³/mol. The minimum atomic E-state index is -1.21. The molecular weight excluding hydrogens is 392 g/mol. The Bertz CT molecular complexity index is 832. The van der Waals surface area contributed by atoms with Gasteiger partial charge in [-0.3, -0.25) is 4.79 Å². The third-order valence-corrected chi connectivity index (χ3v) is 7.69. The largest absolute Gasteiger partial charge is 0.472 e. The fraction of sp³-hybridized carbons (Fsp3) is 0.727. The smallest absolute Gasteiger partial charge is 0.341 e. The number of aliphatic hydroxyl groups excluding tert-OH is 2. The van der Waals surface area contributed by atoms with E-state index in [1.807, 2.05) is 20.8 Å². The van der Waals surface area contributed by atoms with Crippen LogP contribution in [0.5, 0.6) is 0 Å². The molecule has 0 aromatic carbocycles. The Morgan fingerprint density at radius 3 is 2.47 bits per heavy atom. The molecule has 0 amide bonds. The van der Waals surface area contributed by atoms with Crippen LogP contribution in [-0.2, 0) is 19.0 Å². The molecule has 2 aliphatic carbocycles. The molecule has 166 valence electrons. The van der Waals surface area contributed by atoms with Crippen molar-refractivity contribution in [1.82, 2.24) is 0 Å². The lowest BCUT2D eigenvalue weighted by Crippen LogP contribution is -2.76. The minimum absolute atomic E-state index is 0.115. The quantitative estimate of drug-likeness (QED) is 0.712. The number of hydrogen-bond acceptors (Lipinski definition) is 8. The number of hydrogen-bond donors (Lipinski definition) is 2. The van der Waals surface area contributed by atoms with Crippen molar-refractivity contribution < 1.29 is 38.4 Å². The van der Waals surface area contributed by atoms with Gasteiger partial charge in [-0.25, -0.2) is 4.79 Å². The summed E-state index contributed by atoms with van der Waals surface area (Å²) in [5.74, 6) is -1.92. The third kappa shape index (κ3) is 2.63.